The zero-order valence-electron chi connectivity index (χ0n) is 15.9. The van der Waals surface area contributed by atoms with E-state index in [0.29, 0.717) is 22.7 Å². The molecule has 1 aliphatic heterocycles. The van der Waals surface area contributed by atoms with Crippen LogP contribution in [0.4, 0.5) is 11.4 Å². The molecule has 0 spiro atoms. The van der Waals surface area contributed by atoms with Crippen LogP contribution >= 0.6 is 0 Å². The number of furan rings is 1. The van der Waals surface area contributed by atoms with Crippen molar-refractivity contribution < 1.29 is 18.7 Å². The number of anilines is 2. The third kappa shape index (κ3) is 2.81. The first-order chi connectivity index (χ1) is 14.0. The largest absolute Gasteiger partial charge is 0.479 e. The number of ether oxygens (including phenoxy) is 1. The molecule has 2 heterocycles. The maximum atomic E-state index is 12.9. The predicted molar refractivity (Wildman–Crippen MR) is 112 cm³/mol. The number of hydrogen-bond donors (Lipinski definition) is 2. The lowest BCUT2D eigenvalue weighted by atomic mass is 10.1. The molecule has 4 aromatic rings. The minimum Gasteiger partial charge on any atom is -0.479 e. The fourth-order valence-electron chi connectivity index (χ4n) is 3.64. The Morgan fingerprint density at radius 3 is 2.76 bits per heavy atom. The molecule has 0 bridgehead atoms. The highest BCUT2D eigenvalue weighted by Gasteiger charge is 2.24. The summed E-state index contributed by atoms with van der Waals surface area (Å²) >= 11 is 0. The summed E-state index contributed by atoms with van der Waals surface area (Å²) in [5, 5.41) is 8.56. The number of hydrogen-bond acceptors (Lipinski definition) is 4. The first-order valence-electron chi connectivity index (χ1n) is 9.35. The van der Waals surface area contributed by atoms with Gasteiger partial charge in [-0.1, -0.05) is 36.4 Å². The summed E-state index contributed by atoms with van der Waals surface area (Å²) in [5.74, 6) is 0.268. The summed E-state index contributed by atoms with van der Waals surface area (Å²) in [7, 11) is 0. The van der Waals surface area contributed by atoms with E-state index in [0.717, 1.165) is 21.7 Å². The van der Waals surface area contributed by atoms with E-state index in [1.54, 1.807) is 25.1 Å². The van der Waals surface area contributed by atoms with E-state index in [9.17, 15) is 9.59 Å². The van der Waals surface area contributed by atoms with Gasteiger partial charge in [-0.15, -0.1) is 0 Å². The van der Waals surface area contributed by atoms with Crippen LogP contribution in [-0.2, 0) is 4.79 Å². The van der Waals surface area contributed by atoms with Crippen LogP contribution in [0, 0.1) is 6.92 Å². The molecule has 144 valence electrons. The van der Waals surface area contributed by atoms with Crippen molar-refractivity contribution in [3.63, 3.8) is 0 Å². The van der Waals surface area contributed by atoms with Crippen LogP contribution < -0.4 is 15.4 Å². The number of carbonyl (C=O) groups is 2. The Kier molecular flexibility index (Phi) is 3.81. The molecule has 0 saturated carbocycles. The fraction of sp³-hybridized carbons (Fsp3) is 0.130. The van der Waals surface area contributed by atoms with E-state index < -0.39 is 6.10 Å². The Bertz CT molecular complexity index is 1310. The van der Waals surface area contributed by atoms with Crippen molar-refractivity contribution in [2.75, 3.05) is 10.6 Å². The smallest absolute Gasteiger partial charge is 0.291 e. The zero-order chi connectivity index (χ0) is 20.1. The van der Waals surface area contributed by atoms with Gasteiger partial charge in [-0.3, -0.25) is 9.59 Å². The van der Waals surface area contributed by atoms with Gasteiger partial charge in [-0.05, 0) is 37.4 Å². The van der Waals surface area contributed by atoms with Crippen LogP contribution in [0.15, 0.2) is 59.0 Å². The first kappa shape index (κ1) is 17.3. The van der Waals surface area contributed by atoms with Gasteiger partial charge in [-0.25, -0.2) is 0 Å². The quantitative estimate of drug-likeness (QED) is 0.515. The topological polar surface area (TPSA) is 80.6 Å². The summed E-state index contributed by atoms with van der Waals surface area (Å²) in [4.78, 5) is 24.7. The molecular formula is C23H18N2O4. The average Bonchev–Trinajstić information content (AvgIpc) is 3.06. The molecule has 6 heteroatoms. The minimum absolute atomic E-state index is 0.221. The van der Waals surface area contributed by atoms with E-state index in [1.807, 2.05) is 43.3 Å². The van der Waals surface area contributed by atoms with Gasteiger partial charge in [-0.2, -0.15) is 0 Å². The van der Waals surface area contributed by atoms with Crippen molar-refractivity contribution in [3.05, 3.63) is 65.9 Å². The first-order valence-corrected chi connectivity index (χ1v) is 9.35. The zero-order valence-corrected chi connectivity index (χ0v) is 15.9. The maximum Gasteiger partial charge on any atom is 0.291 e. The molecule has 6 nitrogen and oxygen atoms in total. The Labute approximate surface area is 166 Å². The van der Waals surface area contributed by atoms with Crippen molar-refractivity contribution in [3.8, 4) is 5.75 Å². The molecule has 1 aliphatic rings. The molecule has 0 radical (unpaired) electrons. The van der Waals surface area contributed by atoms with E-state index >= 15 is 0 Å². The van der Waals surface area contributed by atoms with Gasteiger partial charge in [0, 0.05) is 22.0 Å². The Morgan fingerprint density at radius 1 is 1.07 bits per heavy atom. The van der Waals surface area contributed by atoms with Crippen LogP contribution in [0.3, 0.4) is 0 Å². The number of benzene rings is 3. The normalized spacial score (nSPS) is 15.7. The van der Waals surface area contributed by atoms with Gasteiger partial charge >= 0.3 is 0 Å². The second-order valence-electron chi connectivity index (χ2n) is 7.13. The Balaban J connectivity index is 1.49. The monoisotopic (exact) mass is 386 g/mol. The summed E-state index contributed by atoms with van der Waals surface area (Å²) in [6, 6.07) is 17.0. The van der Waals surface area contributed by atoms with Crippen LogP contribution in [0.5, 0.6) is 5.75 Å². The van der Waals surface area contributed by atoms with Crippen LogP contribution in [0.25, 0.3) is 21.7 Å². The van der Waals surface area contributed by atoms with Crippen molar-refractivity contribution in [1.82, 2.24) is 0 Å². The number of fused-ring (bicyclic) bond motifs is 4. The number of carbonyl (C=O) groups excluding carboxylic acids is 2. The second-order valence-corrected chi connectivity index (χ2v) is 7.13. The lowest BCUT2D eigenvalue weighted by Crippen LogP contribution is -2.34. The highest BCUT2D eigenvalue weighted by molar-refractivity contribution is 6.11. The maximum absolute atomic E-state index is 12.9. The molecule has 5 rings (SSSR count). The molecule has 2 amide bonds. The number of amides is 2. The van der Waals surface area contributed by atoms with Gasteiger partial charge in [0.25, 0.3) is 11.8 Å². The van der Waals surface area contributed by atoms with Crippen molar-refractivity contribution in [2.24, 2.45) is 0 Å². The Morgan fingerprint density at radius 2 is 1.90 bits per heavy atom. The van der Waals surface area contributed by atoms with E-state index in [2.05, 4.69) is 10.6 Å². The fourth-order valence-corrected chi connectivity index (χ4v) is 3.64. The highest BCUT2D eigenvalue weighted by atomic mass is 16.5. The lowest BCUT2D eigenvalue weighted by molar-refractivity contribution is -0.122. The van der Waals surface area contributed by atoms with Gasteiger partial charge in [0.2, 0.25) is 0 Å². The van der Waals surface area contributed by atoms with Gasteiger partial charge in [0.1, 0.15) is 11.3 Å². The van der Waals surface area contributed by atoms with Gasteiger partial charge < -0.3 is 19.8 Å². The third-order valence-corrected chi connectivity index (χ3v) is 5.20. The average molecular weight is 386 g/mol. The van der Waals surface area contributed by atoms with Crippen molar-refractivity contribution >= 4 is 44.9 Å². The molecule has 0 fully saturated rings. The lowest BCUT2D eigenvalue weighted by Gasteiger charge is -2.23. The number of rotatable bonds is 2. The van der Waals surface area contributed by atoms with Crippen molar-refractivity contribution in [2.45, 2.75) is 20.0 Å². The van der Waals surface area contributed by atoms with Gasteiger partial charge in [0.05, 0.1) is 5.69 Å². The summed E-state index contributed by atoms with van der Waals surface area (Å²) in [6.45, 7) is 3.56. The number of aryl methyl sites for hydroxylation is 1. The minimum atomic E-state index is -0.545. The van der Waals surface area contributed by atoms with E-state index in [1.165, 1.54) is 0 Å². The molecule has 2 N–H and O–H groups in total. The summed E-state index contributed by atoms with van der Waals surface area (Å²) in [6.07, 6.45) is -0.545. The molecular weight excluding hydrogens is 368 g/mol. The van der Waals surface area contributed by atoms with E-state index in [-0.39, 0.29) is 17.6 Å². The van der Waals surface area contributed by atoms with E-state index in [4.69, 9.17) is 9.15 Å². The summed E-state index contributed by atoms with van der Waals surface area (Å²) in [5.41, 5.74) is 2.55. The molecule has 0 saturated heterocycles. The number of nitrogens with one attached hydrogen (secondary N) is 2. The van der Waals surface area contributed by atoms with Gasteiger partial charge in [0.15, 0.2) is 11.9 Å². The van der Waals surface area contributed by atoms with Crippen LogP contribution in [0.2, 0.25) is 0 Å². The molecule has 3 aromatic carbocycles. The Hall–Kier alpha value is -3.80. The SMILES string of the molecule is Cc1c(C(=O)Nc2ccc3c(c2)NC(=O)[C@H](C)O3)oc2c1ccc1ccccc12. The second kappa shape index (κ2) is 6.38. The van der Waals surface area contributed by atoms with Crippen LogP contribution in [-0.4, -0.2) is 17.9 Å². The molecule has 0 aliphatic carbocycles. The predicted octanol–water partition coefficient (Wildman–Crippen LogP) is 4.87. The summed E-state index contributed by atoms with van der Waals surface area (Å²) < 4.78 is 11.5. The molecule has 1 atom stereocenters. The van der Waals surface area contributed by atoms with Crippen LogP contribution in [0.1, 0.15) is 23.0 Å². The highest BCUT2D eigenvalue weighted by Crippen LogP contribution is 2.34. The standard InChI is InChI=1S/C23H18N2O4/c1-12-16-9-7-14-5-3-4-6-17(14)21(16)29-20(12)23(27)24-15-8-10-19-18(11-15)25-22(26)13(2)28-19/h3-11,13H,1-2H3,(H,24,27)(H,25,26)/t13-/m0/s1. The molecule has 1 aromatic heterocycles. The van der Waals surface area contributed by atoms with Crippen molar-refractivity contribution in [1.29, 1.82) is 0 Å². The molecule has 29 heavy (non-hydrogen) atoms. The third-order valence-electron chi connectivity index (χ3n) is 5.20. The molecule has 0 unspecified atom stereocenters.